The fourth-order valence-corrected chi connectivity index (χ4v) is 2.65. The van der Waals surface area contributed by atoms with E-state index in [1.807, 2.05) is 13.8 Å². The van der Waals surface area contributed by atoms with Crippen LogP contribution in [0.1, 0.15) is 36.0 Å². The van der Waals surface area contributed by atoms with Crippen molar-refractivity contribution in [3.8, 4) is 0 Å². The van der Waals surface area contributed by atoms with E-state index >= 15 is 0 Å². The zero-order valence-corrected chi connectivity index (χ0v) is 11.5. The number of hydrogen-bond donors (Lipinski definition) is 0. The summed E-state index contributed by atoms with van der Waals surface area (Å²) in [7, 11) is 0. The minimum absolute atomic E-state index is 0.0467. The summed E-state index contributed by atoms with van der Waals surface area (Å²) in [4.78, 5) is 31.4. The predicted octanol–water partition coefficient (Wildman–Crippen LogP) is 1.07. The second kappa shape index (κ2) is 4.81. The molecule has 0 aliphatic carbocycles. The molecule has 1 atom stereocenters. The fraction of sp³-hybridized carbons (Fsp3) is 0.615. The van der Waals surface area contributed by atoms with Crippen LogP contribution >= 0.6 is 0 Å². The number of fused-ring (bicyclic) bond motifs is 1. The van der Waals surface area contributed by atoms with Crippen LogP contribution in [0.15, 0.2) is 10.8 Å². The summed E-state index contributed by atoms with van der Waals surface area (Å²) in [5.74, 6) is 0.576. The zero-order chi connectivity index (χ0) is 14.3. The standard InChI is InChI=1S/C13H17N3O4/c1-8(2)11-10(14-7-20-11)12(17)15-3-4-16-9(5-15)6-19-13(16)18/h7-9H,3-6H2,1-2H3/t9-/m1/s1. The van der Waals surface area contributed by atoms with Crippen LogP contribution in [0.25, 0.3) is 0 Å². The number of hydrogen-bond acceptors (Lipinski definition) is 5. The molecule has 7 heteroatoms. The lowest BCUT2D eigenvalue weighted by atomic mass is 10.1. The van der Waals surface area contributed by atoms with Crippen molar-refractivity contribution < 1.29 is 18.7 Å². The average Bonchev–Trinajstić information content (AvgIpc) is 3.05. The van der Waals surface area contributed by atoms with Crippen molar-refractivity contribution in [2.75, 3.05) is 26.2 Å². The first-order valence-electron chi connectivity index (χ1n) is 6.74. The van der Waals surface area contributed by atoms with Crippen LogP contribution in [0.5, 0.6) is 0 Å². The Bertz CT molecular complexity index is 539. The van der Waals surface area contributed by atoms with Crippen molar-refractivity contribution in [1.29, 1.82) is 0 Å². The SMILES string of the molecule is CC(C)c1ocnc1C(=O)N1CCN2C(=O)OC[C@H]2C1. The smallest absolute Gasteiger partial charge is 0.410 e. The fourth-order valence-electron chi connectivity index (χ4n) is 2.65. The summed E-state index contributed by atoms with van der Waals surface area (Å²) < 4.78 is 10.3. The monoisotopic (exact) mass is 279 g/mol. The van der Waals surface area contributed by atoms with Crippen molar-refractivity contribution in [2.24, 2.45) is 0 Å². The van der Waals surface area contributed by atoms with Crippen molar-refractivity contribution in [3.05, 3.63) is 17.8 Å². The maximum atomic E-state index is 12.5. The molecular weight excluding hydrogens is 262 g/mol. The first-order chi connectivity index (χ1) is 9.58. The van der Waals surface area contributed by atoms with Gasteiger partial charge in [0.2, 0.25) is 0 Å². The van der Waals surface area contributed by atoms with Crippen molar-refractivity contribution in [2.45, 2.75) is 25.8 Å². The lowest BCUT2D eigenvalue weighted by molar-refractivity contribution is 0.0609. The molecule has 1 aromatic rings. The maximum Gasteiger partial charge on any atom is 0.410 e. The van der Waals surface area contributed by atoms with Gasteiger partial charge in [0.1, 0.15) is 12.4 Å². The van der Waals surface area contributed by atoms with Crippen molar-refractivity contribution >= 4 is 12.0 Å². The van der Waals surface area contributed by atoms with Crippen LogP contribution in [-0.2, 0) is 4.74 Å². The molecule has 0 spiro atoms. The first kappa shape index (κ1) is 13.0. The number of nitrogens with zero attached hydrogens (tertiary/aromatic N) is 3. The van der Waals surface area contributed by atoms with Gasteiger partial charge in [0, 0.05) is 25.6 Å². The van der Waals surface area contributed by atoms with Crippen LogP contribution < -0.4 is 0 Å². The molecule has 0 unspecified atom stereocenters. The molecule has 2 saturated heterocycles. The molecule has 0 saturated carbocycles. The Kier molecular flexibility index (Phi) is 3.11. The van der Waals surface area contributed by atoms with E-state index in [0.29, 0.717) is 37.7 Å². The van der Waals surface area contributed by atoms with E-state index in [4.69, 9.17) is 9.15 Å². The molecule has 2 fully saturated rings. The van der Waals surface area contributed by atoms with E-state index in [1.54, 1.807) is 9.80 Å². The number of amides is 2. The van der Waals surface area contributed by atoms with Gasteiger partial charge in [0.05, 0.1) is 6.04 Å². The van der Waals surface area contributed by atoms with Gasteiger partial charge in [0.25, 0.3) is 5.91 Å². The molecule has 2 aliphatic heterocycles. The lowest BCUT2D eigenvalue weighted by Gasteiger charge is -2.35. The number of piperazine rings is 1. The molecule has 0 N–H and O–H groups in total. The van der Waals surface area contributed by atoms with Gasteiger partial charge in [-0.2, -0.15) is 0 Å². The van der Waals surface area contributed by atoms with E-state index < -0.39 is 0 Å². The lowest BCUT2D eigenvalue weighted by Crippen LogP contribution is -2.53. The number of ether oxygens (including phenoxy) is 1. The Balaban J connectivity index is 1.75. The molecule has 3 heterocycles. The highest BCUT2D eigenvalue weighted by molar-refractivity contribution is 5.93. The summed E-state index contributed by atoms with van der Waals surface area (Å²) in [6.07, 6.45) is 1.02. The topological polar surface area (TPSA) is 75.9 Å². The minimum atomic E-state index is -0.286. The molecule has 0 aromatic carbocycles. The number of rotatable bonds is 2. The van der Waals surface area contributed by atoms with Gasteiger partial charge >= 0.3 is 6.09 Å². The van der Waals surface area contributed by atoms with Gasteiger partial charge in [-0.3, -0.25) is 9.69 Å². The highest BCUT2D eigenvalue weighted by Gasteiger charge is 2.39. The number of carbonyl (C=O) groups is 2. The number of cyclic esters (lactones) is 1. The normalized spacial score (nSPS) is 22.1. The van der Waals surface area contributed by atoms with E-state index in [2.05, 4.69) is 4.98 Å². The quantitative estimate of drug-likeness (QED) is 0.809. The summed E-state index contributed by atoms with van der Waals surface area (Å²) >= 11 is 0. The highest BCUT2D eigenvalue weighted by atomic mass is 16.6. The molecule has 2 amide bonds. The van der Waals surface area contributed by atoms with Crippen molar-refractivity contribution in [3.63, 3.8) is 0 Å². The van der Waals surface area contributed by atoms with Gasteiger partial charge in [-0.1, -0.05) is 13.8 Å². The summed E-state index contributed by atoms with van der Waals surface area (Å²) in [5, 5.41) is 0. The third-order valence-corrected chi connectivity index (χ3v) is 3.73. The molecule has 3 rings (SSSR count). The average molecular weight is 279 g/mol. The van der Waals surface area contributed by atoms with Gasteiger partial charge in [0.15, 0.2) is 12.1 Å². The molecule has 7 nitrogen and oxygen atoms in total. The maximum absolute atomic E-state index is 12.5. The Labute approximate surface area is 116 Å². The third-order valence-electron chi connectivity index (χ3n) is 3.73. The molecule has 2 aliphatic rings. The number of carbonyl (C=O) groups excluding carboxylic acids is 2. The largest absolute Gasteiger partial charge is 0.447 e. The van der Waals surface area contributed by atoms with Gasteiger partial charge in [-0.15, -0.1) is 0 Å². The van der Waals surface area contributed by atoms with E-state index in [-0.39, 0.29) is 24.0 Å². The summed E-state index contributed by atoms with van der Waals surface area (Å²) in [5.41, 5.74) is 0.374. The Hall–Kier alpha value is -2.05. The molecule has 20 heavy (non-hydrogen) atoms. The first-order valence-corrected chi connectivity index (χ1v) is 6.74. The Morgan fingerprint density at radius 3 is 3.00 bits per heavy atom. The third kappa shape index (κ3) is 2.03. The van der Waals surface area contributed by atoms with E-state index in [1.165, 1.54) is 6.39 Å². The van der Waals surface area contributed by atoms with Gasteiger partial charge < -0.3 is 14.1 Å². The van der Waals surface area contributed by atoms with Crippen LogP contribution in [0, 0.1) is 0 Å². The molecule has 1 aromatic heterocycles. The Morgan fingerprint density at radius 1 is 1.45 bits per heavy atom. The molecular formula is C13H17N3O4. The molecule has 0 radical (unpaired) electrons. The van der Waals surface area contributed by atoms with E-state index in [9.17, 15) is 9.59 Å². The van der Waals surface area contributed by atoms with E-state index in [0.717, 1.165) is 0 Å². The predicted molar refractivity (Wildman–Crippen MR) is 68.3 cm³/mol. The van der Waals surface area contributed by atoms with Crippen LogP contribution in [0.3, 0.4) is 0 Å². The van der Waals surface area contributed by atoms with Crippen LogP contribution in [-0.4, -0.2) is 59.1 Å². The zero-order valence-electron chi connectivity index (χ0n) is 11.5. The minimum Gasteiger partial charge on any atom is -0.447 e. The van der Waals surface area contributed by atoms with Crippen LogP contribution in [0.2, 0.25) is 0 Å². The summed E-state index contributed by atoms with van der Waals surface area (Å²) in [6.45, 7) is 5.74. The van der Waals surface area contributed by atoms with Gasteiger partial charge in [-0.05, 0) is 0 Å². The highest BCUT2D eigenvalue weighted by Crippen LogP contribution is 2.23. The van der Waals surface area contributed by atoms with Crippen LogP contribution in [0.4, 0.5) is 4.79 Å². The van der Waals surface area contributed by atoms with Gasteiger partial charge in [-0.25, -0.2) is 9.78 Å². The molecule has 108 valence electrons. The second-order valence-corrected chi connectivity index (χ2v) is 5.40. The number of aromatic nitrogens is 1. The number of oxazole rings is 1. The summed E-state index contributed by atoms with van der Waals surface area (Å²) in [6, 6.07) is -0.0467. The Morgan fingerprint density at radius 2 is 2.25 bits per heavy atom. The second-order valence-electron chi connectivity index (χ2n) is 5.40. The van der Waals surface area contributed by atoms with Crippen molar-refractivity contribution in [1.82, 2.24) is 14.8 Å². The molecule has 0 bridgehead atoms.